The van der Waals surface area contributed by atoms with Gasteiger partial charge in [0.1, 0.15) is 5.75 Å². The third-order valence-electron chi connectivity index (χ3n) is 5.52. The van der Waals surface area contributed by atoms with E-state index in [0.29, 0.717) is 5.92 Å². The summed E-state index contributed by atoms with van der Waals surface area (Å²) in [6, 6.07) is 13.2. The van der Waals surface area contributed by atoms with Gasteiger partial charge < -0.3 is 9.64 Å². The van der Waals surface area contributed by atoms with Crippen molar-refractivity contribution in [2.75, 3.05) is 27.2 Å². The maximum Gasteiger partial charge on any atom is 0.122 e. The second-order valence-electron chi connectivity index (χ2n) is 7.28. The summed E-state index contributed by atoms with van der Waals surface area (Å²) < 4.78 is 6.85. The largest absolute Gasteiger partial charge is 0.496 e. The zero-order valence-corrected chi connectivity index (χ0v) is 16.4. The molecule has 4 rings (SSSR count). The topological polar surface area (TPSA) is 25.4 Å². The summed E-state index contributed by atoms with van der Waals surface area (Å²) in [6.45, 7) is 2.19. The minimum Gasteiger partial charge on any atom is -0.496 e. The highest BCUT2D eigenvalue weighted by Crippen LogP contribution is 2.36. The molecule has 0 aliphatic heterocycles. The van der Waals surface area contributed by atoms with Crippen molar-refractivity contribution < 1.29 is 4.74 Å². The highest BCUT2D eigenvalue weighted by Gasteiger charge is 2.23. The number of nitrogens with zero attached hydrogens (tertiary/aromatic N) is 2. The van der Waals surface area contributed by atoms with Crippen LogP contribution in [0.2, 0.25) is 0 Å². The Morgan fingerprint density at radius 3 is 3.08 bits per heavy atom. The molecule has 2 aromatic carbocycles. The Balaban J connectivity index is 1.40. The molecule has 0 saturated carbocycles. The number of fused-ring (bicyclic) bond motifs is 2. The monoisotopic (exact) mass is 366 g/mol. The molecular formula is C22H26N2OS. The highest BCUT2D eigenvalue weighted by molar-refractivity contribution is 7.16. The molecule has 3 nitrogen and oxygen atoms in total. The van der Waals surface area contributed by atoms with Crippen molar-refractivity contribution in [3.63, 3.8) is 0 Å². The fourth-order valence-corrected chi connectivity index (χ4v) is 4.80. The van der Waals surface area contributed by atoms with Crippen LogP contribution >= 0.6 is 11.3 Å². The molecule has 1 atom stereocenters. The molecule has 1 aromatic heterocycles. The Labute approximate surface area is 159 Å². The van der Waals surface area contributed by atoms with Gasteiger partial charge in [-0.1, -0.05) is 18.2 Å². The van der Waals surface area contributed by atoms with Gasteiger partial charge in [0.2, 0.25) is 0 Å². The normalized spacial score (nSPS) is 16.8. The molecule has 0 spiro atoms. The van der Waals surface area contributed by atoms with Crippen LogP contribution in [0.25, 0.3) is 10.2 Å². The number of ether oxygens (including phenoxy) is 1. The number of hydrogen-bond acceptors (Lipinski definition) is 4. The van der Waals surface area contributed by atoms with Crippen LogP contribution in [-0.4, -0.2) is 37.1 Å². The minimum absolute atomic E-state index is 0.611. The first-order valence-corrected chi connectivity index (χ1v) is 10.3. The lowest BCUT2D eigenvalue weighted by atomic mass is 9.82. The van der Waals surface area contributed by atoms with Crippen molar-refractivity contribution in [2.24, 2.45) is 0 Å². The van der Waals surface area contributed by atoms with Gasteiger partial charge in [-0.3, -0.25) is 0 Å². The Hall–Kier alpha value is -1.91. The van der Waals surface area contributed by atoms with Crippen LogP contribution in [-0.2, 0) is 12.8 Å². The second kappa shape index (κ2) is 7.77. The van der Waals surface area contributed by atoms with E-state index in [0.717, 1.165) is 37.2 Å². The number of thiazole rings is 1. The first-order valence-electron chi connectivity index (χ1n) is 9.41. The zero-order chi connectivity index (χ0) is 17.9. The Morgan fingerprint density at radius 1 is 1.27 bits per heavy atom. The second-order valence-corrected chi connectivity index (χ2v) is 8.17. The molecule has 0 unspecified atom stereocenters. The van der Waals surface area contributed by atoms with E-state index in [1.807, 2.05) is 5.51 Å². The van der Waals surface area contributed by atoms with Gasteiger partial charge in [0.15, 0.2) is 0 Å². The Bertz CT molecular complexity index is 889. The molecule has 0 amide bonds. The SMILES string of the molecule is COc1cccc2c1CCC[C@H]2CN(C)CCc1ccc2scnc2c1. The van der Waals surface area contributed by atoms with E-state index in [4.69, 9.17) is 4.74 Å². The van der Waals surface area contributed by atoms with Gasteiger partial charge in [-0.05, 0) is 73.5 Å². The first-order chi connectivity index (χ1) is 12.7. The number of benzene rings is 2. The van der Waals surface area contributed by atoms with E-state index in [9.17, 15) is 0 Å². The summed E-state index contributed by atoms with van der Waals surface area (Å²) in [5.41, 5.74) is 7.35. The van der Waals surface area contributed by atoms with Crippen LogP contribution in [0.3, 0.4) is 0 Å². The summed E-state index contributed by atoms with van der Waals surface area (Å²) in [6.07, 6.45) is 4.75. The van der Waals surface area contributed by atoms with E-state index in [1.165, 1.54) is 34.2 Å². The van der Waals surface area contributed by atoms with E-state index in [1.54, 1.807) is 18.4 Å². The van der Waals surface area contributed by atoms with Gasteiger partial charge in [0.05, 0.1) is 22.8 Å². The third kappa shape index (κ3) is 3.62. The van der Waals surface area contributed by atoms with Crippen LogP contribution in [0.15, 0.2) is 41.9 Å². The van der Waals surface area contributed by atoms with Crippen molar-refractivity contribution >= 4 is 21.6 Å². The minimum atomic E-state index is 0.611. The lowest BCUT2D eigenvalue weighted by Gasteiger charge is -2.30. The van der Waals surface area contributed by atoms with Crippen molar-refractivity contribution in [3.05, 3.63) is 58.6 Å². The average Bonchev–Trinajstić information content (AvgIpc) is 3.14. The summed E-state index contributed by atoms with van der Waals surface area (Å²) in [5.74, 6) is 1.67. The molecule has 3 aromatic rings. The molecular weight excluding hydrogens is 340 g/mol. The highest BCUT2D eigenvalue weighted by atomic mass is 32.1. The van der Waals surface area contributed by atoms with Crippen LogP contribution in [0, 0.1) is 0 Å². The number of likely N-dealkylation sites (N-methyl/N-ethyl adjacent to an activating group) is 1. The molecule has 0 fully saturated rings. The van der Waals surface area contributed by atoms with Crippen LogP contribution in [0.1, 0.15) is 35.4 Å². The fourth-order valence-electron chi connectivity index (χ4n) is 4.14. The predicted molar refractivity (Wildman–Crippen MR) is 109 cm³/mol. The first kappa shape index (κ1) is 17.5. The molecule has 4 heteroatoms. The standard InChI is InChI=1S/C22H26N2OS/c1-24(12-11-16-9-10-22-20(13-16)23-15-26-22)14-17-5-3-7-19-18(17)6-4-8-21(19)25-2/h4,6,8-10,13,15,17H,3,5,7,11-12,14H2,1-2H3/t17-/m0/s1. The van der Waals surface area contributed by atoms with Gasteiger partial charge in [-0.15, -0.1) is 11.3 Å². The van der Waals surface area contributed by atoms with Gasteiger partial charge in [-0.25, -0.2) is 4.98 Å². The molecule has 1 aliphatic rings. The van der Waals surface area contributed by atoms with E-state index >= 15 is 0 Å². The molecule has 136 valence electrons. The van der Waals surface area contributed by atoms with Gasteiger partial charge in [0, 0.05) is 13.1 Å². The smallest absolute Gasteiger partial charge is 0.122 e. The summed E-state index contributed by atoms with van der Waals surface area (Å²) in [7, 11) is 4.03. The van der Waals surface area contributed by atoms with Crippen molar-refractivity contribution in [2.45, 2.75) is 31.6 Å². The summed E-state index contributed by atoms with van der Waals surface area (Å²) in [4.78, 5) is 6.91. The number of aromatic nitrogens is 1. The molecule has 0 bridgehead atoms. The quantitative estimate of drug-likeness (QED) is 0.620. The third-order valence-corrected chi connectivity index (χ3v) is 6.33. The maximum atomic E-state index is 5.58. The average molecular weight is 367 g/mol. The molecule has 1 aliphatic carbocycles. The maximum absolute atomic E-state index is 5.58. The van der Waals surface area contributed by atoms with Crippen LogP contribution in [0.5, 0.6) is 5.75 Å². The zero-order valence-electron chi connectivity index (χ0n) is 15.6. The summed E-state index contributed by atoms with van der Waals surface area (Å²) in [5, 5.41) is 0. The molecule has 0 radical (unpaired) electrons. The van der Waals surface area contributed by atoms with Gasteiger partial charge >= 0.3 is 0 Å². The van der Waals surface area contributed by atoms with Gasteiger partial charge in [0.25, 0.3) is 0 Å². The van der Waals surface area contributed by atoms with E-state index in [2.05, 4.69) is 53.3 Å². The Kier molecular flexibility index (Phi) is 5.23. The molecule has 1 heterocycles. The van der Waals surface area contributed by atoms with Crippen LogP contribution in [0.4, 0.5) is 0 Å². The van der Waals surface area contributed by atoms with Crippen molar-refractivity contribution in [3.8, 4) is 5.75 Å². The number of methoxy groups -OCH3 is 1. The summed E-state index contributed by atoms with van der Waals surface area (Å²) >= 11 is 1.71. The van der Waals surface area contributed by atoms with Crippen molar-refractivity contribution in [1.82, 2.24) is 9.88 Å². The fraction of sp³-hybridized carbons (Fsp3) is 0.409. The molecule has 26 heavy (non-hydrogen) atoms. The van der Waals surface area contributed by atoms with Crippen LogP contribution < -0.4 is 4.74 Å². The molecule has 0 N–H and O–H groups in total. The number of hydrogen-bond donors (Lipinski definition) is 0. The van der Waals surface area contributed by atoms with Crippen molar-refractivity contribution in [1.29, 1.82) is 0 Å². The van der Waals surface area contributed by atoms with Gasteiger partial charge in [-0.2, -0.15) is 0 Å². The number of rotatable bonds is 6. The lowest BCUT2D eigenvalue weighted by Crippen LogP contribution is -2.28. The Morgan fingerprint density at radius 2 is 2.19 bits per heavy atom. The van der Waals surface area contributed by atoms with E-state index < -0.39 is 0 Å². The predicted octanol–water partition coefficient (Wildman–Crippen LogP) is 4.90. The lowest BCUT2D eigenvalue weighted by molar-refractivity contribution is 0.299. The van der Waals surface area contributed by atoms with E-state index in [-0.39, 0.29) is 0 Å². The molecule has 0 saturated heterocycles.